The summed E-state index contributed by atoms with van der Waals surface area (Å²) in [4.78, 5) is 44.2. The predicted molar refractivity (Wildman–Crippen MR) is 77.9 cm³/mol. The second kappa shape index (κ2) is 8.47. The van der Waals surface area contributed by atoms with Gasteiger partial charge in [-0.05, 0) is 25.5 Å². The van der Waals surface area contributed by atoms with E-state index in [9.17, 15) is 24.5 Å². The molecule has 0 spiro atoms. The fourth-order valence-electron chi connectivity index (χ4n) is 1.73. The lowest BCUT2D eigenvalue weighted by Gasteiger charge is -2.14. The second-order valence-electron chi connectivity index (χ2n) is 4.51. The Balaban J connectivity index is 2.68. The van der Waals surface area contributed by atoms with Gasteiger partial charge in [0.15, 0.2) is 0 Å². The molecule has 0 fully saturated rings. The first-order valence-corrected chi connectivity index (χ1v) is 6.79. The van der Waals surface area contributed by atoms with Gasteiger partial charge in [0.05, 0.1) is 11.5 Å². The molecule has 1 atom stereocenters. The molecule has 0 saturated carbocycles. The van der Waals surface area contributed by atoms with Crippen molar-refractivity contribution in [3.05, 3.63) is 39.9 Å². The van der Waals surface area contributed by atoms with Gasteiger partial charge < -0.3 is 15.2 Å². The van der Waals surface area contributed by atoms with Crippen LogP contribution in [0.2, 0.25) is 0 Å². The van der Waals surface area contributed by atoms with E-state index in [1.165, 1.54) is 12.1 Å². The van der Waals surface area contributed by atoms with E-state index in [0.717, 1.165) is 12.1 Å². The van der Waals surface area contributed by atoms with Crippen molar-refractivity contribution in [3.63, 3.8) is 0 Å². The molecule has 0 aliphatic carbocycles. The average Bonchev–Trinajstić information content (AvgIpc) is 2.51. The van der Waals surface area contributed by atoms with Crippen LogP contribution in [0.15, 0.2) is 24.3 Å². The SMILES string of the molecule is CCOC(=O)CC[C@H](NC(=O)c1ccc([N+](=O)[O-])cc1)C(=O)O. The highest BCUT2D eigenvalue weighted by atomic mass is 16.6. The summed E-state index contributed by atoms with van der Waals surface area (Å²) in [6, 6.07) is 3.46. The van der Waals surface area contributed by atoms with Gasteiger partial charge in [-0.25, -0.2) is 4.79 Å². The number of carbonyl (C=O) groups excluding carboxylic acids is 2. The minimum Gasteiger partial charge on any atom is -0.480 e. The summed E-state index contributed by atoms with van der Waals surface area (Å²) in [5.41, 5.74) is -0.100. The normalized spacial score (nSPS) is 11.3. The van der Waals surface area contributed by atoms with E-state index < -0.39 is 28.8 Å². The number of hydrogen-bond acceptors (Lipinski definition) is 6. The van der Waals surface area contributed by atoms with Crippen molar-refractivity contribution in [3.8, 4) is 0 Å². The van der Waals surface area contributed by atoms with Crippen LogP contribution in [-0.2, 0) is 14.3 Å². The summed E-state index contributed by atoms with van der Waals surface area (Å²) < 4.78 is 4.69. The molecule has 124 valence electrons. The fraction of sp³-hybridized carbons (Fsp3) is 0.357. The Hall–Kier alpha value is -2.97. The third-order valence-electron chi connectivity index (χ3n) is 2.89. The van der Waals surface area contributed by atoms with Gasteiger partial charge in [0, 0.05) is 24.1 Å². The van der Waals surface area contributed by atoms with Gasteiger partial charge >= 0.3 is 11.9 Å². The maximum absolute atomic E-state index is 12.0. The van der Waals surface area contributed by atoms with Gasteiger partial charge in [0.25, 0.3) is 11.6 Å². The Bertz CT molecular complexity index is 598. The number of aliphatic carboxylic acids is 1. The van der Waals surface area contributed by atoms with E-state index in [2.05, 4.69) is 10.1 Å². The molecule has 1 aromatic rings. The monoisotopic (exact) mass is 324 g/mol. The van der Waals surface area contributed by atoms with Gasteiger partial charge in [0.2, 0.25) is 0 Å². The number of benzene rings is 1. The zero-order valence-corrected chi connectivity index (χ0v) is 12.4. The summed E-state index contributed by atoms with van der Waals surface area (Å²) in [6.07, 6.45) is -0.266. The lowest BCUT2D eigenvalue weighted by atomic mass is 10.1. The lowest BCUT2D eigenvalue weighted by molar-refractivity contribution is -0.384. The maximum Gasteiger partial charge on any atom is 0.326 e. The minimum absolute atomic E-state index is 0.0815. The quantitative estimate of drug-likeness (QED) is 0.415. The molecule has 23 heavy (non-hydrogen) atoms. The number of esters is 1. The van der Waals surface area contributed by atoms with Crippen LogP contribution in [0.4, 0.5) is 5.69 Å². The van der Waals surface area contributed by atoms with Gasteiger partial charge in [-0.3, -0.25) is 19.7 Å². The van der Waals surface area contributed by atoms with Gasteiger partial charge in [-0.15, -0.1) is 0 Å². The molecule has 0 bridgehead atoms. The topological polar surface area (TPSA) is 136 Å². The molecular weight excluding hydrogens is 308 g/mol. The number of nitrogens with one attached hydrogen (secondary N) is 1. The number of nitro benzene ring substituents is 1. The molecule has 1 amide bonds. The highest BCUT2D eigenvalue weighted by Gasteiger charge is 2.22. The van der Waals surface area contributed by atoms with Crippen molar-refractivity contribution < 1.29 is 29.2 Å². The number of amides is 1. The number of hydrogen-bond donors (Lipinski definition) is 2. The largest absolute Gasteiger partial charge is 0.480 e. The van der Waals surface area contributed by atoms with Crippen molar-refractivity contribution in [2.45, 2.75) is 25.8 Å². The van der Waals surface area contributed by atoms with Crippen LogP contribution in [0.25, 0.3) is 0 Å². The van der Waals surface area contributed by atoms with Crippen molar-refractivity contribution in [1.82, 2.24) is 5.32 Å². The molecule has 0 heterocycles. The zero-order chi connectivity index (χ0) is 17.4. The Morgan fingerprint density at radius 1 is 1.30 bits per heavy atom. The molecule has 2 N–H and O–H groups in total. The van der Waals surface area contributed by atoms with E-state index in [1.54, 1.807) is 6.92 Å². The number of non-ortho nitro benzene ring substituents is 1. The van der Waals surface area contributed by atoms with Crippen LogP contribution < -0.4 is 5.32 Å². The van der Waals surface area contributed by atoms with E-state index in [1.807, 2.05) is 0 Å². The maximum atomic E-state index is 12.0. The van der Waals surface area contributed by atoms with Crippen LogP contribution in [0.5, 0.6) is 0 Å². The molecule has 9 nitrogen and oxygen atoms in total. The molecule has 1 rings (SSSR count). The Morgan fingerprint density at radius 3 is 2.39 bits per heavy atom. The number of carboxylic acid groups (broad SMARTS) is 1. The Morgan fingerprint density at radius 2 is 1.91 bits per heavy atom. The van der Waals surface area contributed by atoms with Gasteiger partial charge in [-0.1, -0.05) is 0 Å². The number of nitro groups is 1. The fourth-order valence-corrected chi connectivity index (χ4v) is 1.73. The lowest BCUT2D eigenvalue weighted by Crippen LogP contribution is -2.41. The average molecular weight is 324 g/mol. The van der Waals surface area contributed by atoms with Crippen molar-refractivity contribution in [2.24, 2.45) is 0 Å². The Kier molecular flexibility index (Phi) is 6.66. The van der Waals surface area contributed by atoms with Crippen molar-refractivity contribution >= 4 is 23.5 Å². The molecular formula is C14H16N2O7. The number of nitrogens with zero attached hydrogens (tertiary/aromatic N) is 1. The molecule has 0 saturated heterocycles. The van der Waals surface area contributed by atoms with Crippen LogP contribution in [0, 0.1) is 10.1 Å². The smallest absolute Gasteiger partial charge is 0.326 e. The van der Waals surface area contributed by atoms with E-state index in [-0.39, 0.29) is 30.7 Å². The van der Waals surface area contributed by atoms with Gasteiger partial charge in [-0.2, -0.15) is 0 Å². The first kappa shape index (κ1) is 18.1. The van der Waals surface area contributed by atoms with Crippen LogP contribution in [-0.4, -0.2) is 40.5 Å². The number of carbonyl (C=O) groups is 3. The zero-order valence-electron chi connectivity index (χ0n) is 12.4. The summed E-state index contributed by atoms with van der Waals surface area (Å²) in [6.45, 7) is 1.81. The molecule has 0 aromatic heterocycles. The third-order valence-corrected chi connectivity index (χ3v) is 2.89. The molecule has 1 aromatic carbocycles. The second-order valence-corrected chi connectivity index (χ2v) is 4.51. The molecule has 0 aliphatic heterocycles. The predicted octanol–water partition coefficient (Wildman–Crippen LogP) is 1.12. The highest BCUT2D eigenvalue weighted by Crippen LogP contribution is 2.12. The Labute approximate surface area is 131 Å². The van der Waals surface area contributed by atoms with Crippen molar-refractivity contribution in [1.29, 1.82) is 0 Å². The van der Waals surface area contributed by atoms with Crippen LogP contribution in [0.1, 0.15) is 30.1 Å². The van der Waals surface area contributed by atoms with Crippen LogP contribution >= 0.6 is 0 Å². The standard InChI is InChI=1S/C14H16N2O7/c1-2-23-12(17)8-7-11(14(19)20)15-13(18)9-3-5-10(6-4-9)16(21)22/h3-6,11H,2,7-8H2,1H3,(H,15,18)(H,19,20)/t11-/m0/s1. The number of ether oxygens (including phenoxy) is 1. The van der Waals surface area contributed by atoms with Gasteiger partial charge in [0.1, 0.15) is 6.04 Å². The summed E-state index contributed by atoms with van der Waals surface area (Å²) in [5, 5.41) is 21.9. The number of rotatable bonds is 8. The molecule has 0 radical (unpaired) electrons. The van der Waals surface area contributed by atoms with Crippen LogP contribution in [0.3, 0.4) is 0 Å². The summed E-state index contributed by atoms with van der Waals surface area (Å²) in [5.74, 6) is -2.54. The summed E-state index contributed by atoms with van der Waals surface area (Å²) >= 11 is 0. The van der Waals surface area contributed by atoms with E-state index in [0.29, 0.717) is 0 Å². The van der Waals surface area contributed by atoms with E-state index in [4.69, 9.17) is 5.11 Å². The van der Waals surface area contributed by atoms with Crippen molar-refractivity contribution in [2.75, 3.05) is 6.61 Å². The first-order chi connectivity index (χ1) is 10.8. The molecule has 0 unspecified atom stereocenters. The minimum atomic E-state index is -1.29. The molecule has 9 heteroatoms. The molecule has 0 aliphatic rings. The van der Waals surface area contributed by atoms with E-state index >= 15 is 0 Å². The highest BCUT2D eigenvalue weighted by molar-refractivity contribution is 5.96. The first-order valence-electron chi connectivity index (χ1n) is 6.79. The summed E-state index contributed by atoms with van der Waals surface area (Å²) in [7, 11) is 0. The number of carboxylic acids is 1. The third kappa shape index (κ3) is 5.73.